The van der Waals surface area contributed by atoms with Crippen molar-refractivity contribution in [3.63, 3.8) is 0 Å². The van der Waals surface area contributed by atoms with Gasteiger partial charge in [0.05, 0.1) is 0 Å². The summed E-state index contributed by atoms with van der Waals surface area (Å²) >= 11 is 5.70. The molecule has 1 aromatic carbocycles. The summed E-state index contributed by atoms with van der Waals surface area (Å²) in [5.74, 6) is 0.502. The Morgan fingerprint density at radius 3 is 2.40 bits per heavy atom. The van der Waals surface area contributed by atoms with Gasteiger partial charge in [0.2, 0.25) is 5.91 Å². The molecule has 3 heteroatoms. The standard InChI is InChI=1S/C12H16ClNO/c1-2-10(7-12(14)15)11-5-3-9(8-13)4-6-11/h3-6,10H,2,7-8H2,1H3,(H2,14,15). The maximum atomic E-state index is 10.9. The Bertz CT molecular complexity index is 321. The molecule has 2 N–H and O–H groups in total. The fourth-order valence-electron chi connectivity index (χ4n) is 1.62. The maximum Gasteiger partial charge on any atom is 0.218 e. The Kier molecular flexibility index (Phi) is 4.63. The van der Waals surface area contributed by atoms with Crippen LogP contribution in [0.5, 0.6) is 0 Å². The smallest absolute Gasteiger partial charge is 0.218 e. The molecule has 0 fully saturated rings. The molecule has 0 saturated heterocycles. The van der Waals surface area contributed by atoms with Crippen molar-refractivity contribution in [1.82, 2.24) is 0 Å². The third kappa shape index (κ3) is 3.56. The zero-order valence-corrected chi connectivity index (χ0v) is 9.63. The van der Waals surface area contributed by atoms with Gasteiger partial charge < -0.3 is 5.73 Å². The van der Waals surface area contributed by atoms with Gasteiger partial charge in [-0.05, 0) is 23.5 Å². The molecule has 1 atom stereocenters. The Morgan fingerprint density at radius 1 is 1.40 bits per heavy atom. The number of primary amides is 1. The molecule has 0 heterocycles. The summed E-state index contributed by atoms with van der Waals surface area (Å²) in [6.45, 7) is 2.06. The maximum absolute atomic E-state index is 10.9. The number of carbonyl (C=O) groups excluding carboxylic acids is 1. The molecule has 0 bridgehead atoms. The van der Waals surface area contributed by atoms with Crippen LogP contribution < -0.4 is 5.73 Å². The molecule has 1 rings (SSSR count). The van der Waals surface area contributed by atoms with Crippen LogP contribution in [0.4, 0.5) is 0 Å². The molecular weight excluding hydrogens is 210 g/mol. The van der Waals surface area contributed by atoms with Gasteiger partial charge in [0.1, 0.15) is 0 Å². The van der Waals surface area contributed by atoms with Crippen molar-refractivity contribution in [3.05, 3.63) is 35.4 Å². The number of nitrogens with two attached hydrogens (primary N) is 1. The molecule has 1 aromatic rings. The van der Waals surface area contributed by atoms with Gasteiger partial charge in [-0.25, -0.2) is 0 Å². The van der Waals surface area contributed by atoms with Crippen LogP contribution in [0.1, 0.15) is 36.8 Å². The third-order valence-corrected chi connectivity index (χ3v) is 2.85. The van der Waals surface area contributed by atoms with Gasteiger partial charge in [-0.1, -0.05) is 31.2 Å². The van der Waals surface area contributed by atoms with E-state index in [9.17, 15) is 4.79 Å². The van der Waals surface area contributed by atoms with Crippen molar-refractivity contribution in [2.75, 3.05) is 0 Å². The first-order chi connectivity index (χ1) is 7.17. The zero-order chi connectivity index (χ0) is 11.3. The Morgan fingerprint density at radius 2 is 2.00 bits per heavy atom. The molecule has 0 aliphatic rings. The lowest BCUT2D eigenvalue weighted by Gasteiger charge is -2.13. The highest BCUT2D eigenvalue weighted by atomic mass is 35.5. The number of hydrogen-bond donors (Lipinski definition) is 1. The molecule has 0 spiro atoms. The van der Waals surface area contributed by atoms with Crippen LogP contribution in [0, 0.1) is 0 Å². The second-order valence-corrected chi connectivity index (χ2v) is 3.92. The van der Waals surface area contributed by atoms with Gasteiger partial charge in [0.25, 0.3) is 0 Å². The summed E-state index contributed by atoms with van der Waals surface area (Å²) in [4.78, 5) is 10.9. The van der Waals surface area contributed by atoms with E-state index in [1.807, 2.05) is 24.3 Å². The van der Waals surface area contributed by atoms with E-state index in [2.05, 4.69) is 6.92 Å². The molecule has 1 unspecified atom stereocenters. The van der Waals surface area contributed by atoms with Crippen molar-refractivity contribution in [2.24, 2.45) is 5.73 Å². The van der Waals surface area contributed by atoms with E-state index >= 15 is 0 Å². The lowest BCUT2D eigenvalue weighted by atomic mass is 9.92. The quantitative estimate of drug-likeness (QED) is 0.770. The number of amides is 1. The largest absolute Gasteiger partial charge is 0.370 e. The van der Waals surface area contributed by atoms with Crippen molar-refractivity contribution in [1.29, 1.82) is 0 Å². The van der Waals surface area contributed by atoms with Crippen molar-refractivity contribution in [3.8, 4) is 0 Å². The van der Waals surface area contributed by atoms with Crippen LogP contribution in [0.25, 0.3) is 0 Å². The molecule has 0 saturated carbocycles. The second-order valence-electron chi connectivity index (χ2n) is 3.65. The number of benzene rings is 1. The fraction of sp³-hybridized carbons (Fsp3) is 0.417. The highest BCUT2D eigenvalue weighted by molar-refractivity contribution is 6.17. The molecule has 0 radical (unpaired) electrons. The number of alkyl halides is 1. The summed E-state index contributed by atoms with van der Waals surface area (Å²) in [7, 11) is 0. The summed E-state index contributed by atoms with van der Waals surface area (Å²) in [6, 6.07) is 8.03. The van der Waals surface area contributed by atoms with E-state index < -0.39 is 0 Å². The minimum absolute atomic E-state index is 0.229. The second kappa shape index (κ2) is 5.76. The summed E-state index contributed by atoms with van der Waals surface area (Å²) in [6.07, 6.45) is 1.33. The van der Waals surface area contributed by atoms with Crippen LogP contribution in [0.2, 0.25) is 0 Å². The first kappa shape index (κ1) is 12.1. The number of hydrogen-bond acceptors (Lipinski definition) is 1. The number of rotatable bonds is 5. The number of halogens is 1. The molecule has 15 heavy (non-hydrogen) atoms. The Labute approximate surface area is 95.4 Å². The molecule has 0 aliphatic carbocycles. The number of carbonyl (C=O) groups is 1. The molecule has 82 valence electrons. The lowest BCUT2D eigenvalue weighted by Crippen LogP contribution is -2.14. The van der Waals surface area contributed by atoms with Crippen LogP contribution >= 0.6 is 11.6 Å². The van der Waals surface area contributed by atoms with E-state index in [1.165, 1.54) is 0 Å². The van der Waals surface area contributed by atoms with E-state index in [0.29, 0.717) is 12.3 Å². The predicted octanol–water partition coefficient (Wildman–Crippen LogP) is 2.79. The molecule has 1 amide bonds. The average molecular weight is 226 g/mol. The van der Waals surface area contributed by atoms with E-state index in [1.54, 1.807) is 0 Å². The minimum atomic E-state index is -0.247. The molecule has 0 aromatic heterocycles. The predicted molar refractivity (Wildman–Crippen MR) is 62.8 cm³/mol. The highest BCUT2D eigenvalue weighted by Crippen LogP contribution is 2.23. The topological polar surface area (TPSA) is 43.1 Å². The third-order valence-electron chi connectivity index (χ3n) is 2.55. The summed E-state index contributed by atoms with van der Waals surface area (Å²) in [5.41, 5.74) is 7.45. The average Bonchev–Trinajstić information content (AvgIpc) is 2.26. The van der Waals surface area contributed by atoms with Crippen LogP contribution in [-0.4, -0.2) is 5.91 Å². The SMILES string of the molecule is CCC(CC(N)=O)c1ccc(CCl)cc1. The van der Waals surface area contributed by atoms with E-state index in [4.69, 9.17) is 17.3 Å². The molecule has 0 aliphatic heterocycles. The van der Waals surface area contributed by atoms with Crippen LogP contribution in [0.15, 0.2) is 24.3 Å². The lowest BCUT2D eigenvalue weighted by molar-refractivity contribution is -0.118. The monoisotopic (exact) mass is 225 g/mol. The molecule has 2 nitrogen and oxygen atoms in total. The first-order valence-corrected chi connectivity index (χ1v) is 5.64. The Balaban J connectivity index is 2.78. The van der Waals surface area contributed by atoms with Crippen LogP contribution in [0.3, 0.4) is 0 Å². The van der Waals surface area contributed by atoms with Gasteiger partial charge in [-0.2, -0.15) is 0 Å². The normalized spacial score (nSPS) is 12.4. The van der Waals surface area contributed by atoms with Gasteiger partial charge in [0.15, 0.2) is 0 Å². The highest BCUT2D eigenvalue weighted by Gasteiger charge is 2.11. The van der Waals surface area contributed by atoms with Crippen molar-refractivity contribution < 1.29 is 4.79 Å². The van der Waals surface area contributed by atoms with E-state index in [0.717, 1.165) is 17.5 Å². The van der Waals surface area contributed by atoms with Crippen molar-refractivity contribution >= 4 is 17.5 Å². The fourth-order valence-corrected chi connectivity index (χ4v) is 1.80. The van der Waals surface area contributed by atoms with E-state index in [-0.39, 0.29) is 11.8 Å². The van der Waals surface area contributed by atoms with Gasteiger partial charge in [-0.15, -0.1) is 11.6 Å². The summed E-state index contributed by atoms with van der Waals surface area (Å²) < 4.78 is 0. The first-order valence-electron chi connectivity index (χ1n) is 5.10. The Hall–Kier alpha value is -1.02. The minimum Gasteiger partial charge on any atom is -0.370 e. The van der Waals surface area contributed by atoms with Crippen molar-refractivity contribution in [2.45, 2.75) is 31.6 Å². The molecular formula is C12H16ClNO. The van der Waals surface area contributed by atoms with Gasteiger partial charge >= 0.3 is 0 Å². The van der Waals surface area contributed by atoms with Crippen LogP contribution in [-0.2, 0) is 10.7 Å². The zero-order valence-electron chi connectivity index (χ0n) is 8.87. The summed E-state index contributed by atoms with van der Waals surface area (Å²) in [5, 5.41) is 0. The van der Waals surface area contributed by atoms with Gasteiger partial charge in [-0.3, -0.25) is 4.79 Å². The van der Waals surface area contributed by atoms with Gasteiger partial charge in [0, 0.05) is 12.3 Å².